The first-order chi connectivity index (χ1) is 9.45. The molecule has 1 saturated heterocycles. The summed E-state index contributed by atoms with van der Waals surface area (Å²) in [5, 5.41) is 8.84. The van der Waals surface area contributed by atoms with E-state index in [9.17, 15) is 9.59 Å². The fraction of sp³-hybridized carbons (Fsp3) is 0.857. The zero-order valence-electron chi connectivity index (χ0n) is 12.7. The summed E-state index contributed by atoms with van der Waals surface area (Å²) in [6, 6.07) is -0.435. The van der Waals surface area contributed by atoms with E-state index >= 15 is 0 Å². The van der Waals surface area contributed by atoms with Crippen LogP contribution in [0, 0.1) is 0 Å². The van der Waals surface area contributed by atoms with Crippen molar-refractivity contribution in [1.29, 1.82) is 0 Å². The van der Waals surface area contributed by atoms with Gasteiger partial charge in [0.1, 0.15) is 0 Å². The number of hydrogen-bond acceptors (Lipinski definition) is 3. The molecule has 116 valence electrons. The van der Waals surface area contributed by atoms with Crippen molar-refractivity contribution in [3.8, 4) is 0 Å². The third-order valence-corrected chi connectivity index (χ3v) is 3.67. The van der Waals surface area contributed by atoms with Crippen LogP contribution in [-0.4, -0.2) is 65.8 Å². The number of likely N-dealkylation sites (N-methyl/N-ethyl adjacent to an activating group) is 1. The molecule has 1 rings (SSSR count). The van der Waals surface area contributed by atoms with E-state index in [0.29, 0.717) is 13.1 Å². The van der Waals surface area contributed by atoms with Crippen molar-refractivity contribution in [2.45, 2.75) is 51.7 Å². The van der Waals surface area contributed by atoms with E-state index in [1.54, 1.807) is 23.8 Å². The Labute approximate surface area is 120 Å². The van der Waals surface area contributed by atoms with E-state index in [1.165, 1.54) is 0 Å². The first kappa shape index (κ1) is 16.8. The van der Waals surface area contributed by atoms with E-state index in [1.807, 2.05) is 6.92 Å². The molecule has 2 atom stereocenters. The van der Waals surface area contributed by atoms with Crippen LogP contribution in [0.1, 0.15) is 39.5 Å². The van der Waals surface area contributed by atoms with Gasteiger partial charge in [-0.25, -0.2) is 4.79 Å². The maximum absolute atomic E-state index is 12.4. The van der Waals surface area contributed by atoms with Gasteiger partial charge in [0.05, 0.1) is 12.5 Å². The quantitative estimate of drug-likeness (QED) is 0.808. The molecule has 0 aromatic heterocycles. The summed E-state index contributed by atoms with van der Waals surface area (Å²) in [6.07, 6.45) is 3.28. The molecule has 1 N–H and O–H groups in total. The van der Waals surface area contributed by atoms with E-state index in [2.05, 4.69) is 0 Å². The molecule has 1 aliphatic heterocycles. The number of hydrogen-bond donors (Lipinski definition) is 1. The Morgan fingerprint density at radius 1 is 1.40 bits per heavy atom. The maximum Gasteiger partial charge on any atom is 0.320 e. The Bertz CT molecular complexity index is 329. The van der Waals surface area contributed by atoms with Gasteiger partial charge in [-0.2, -0.15) is 0 Å². The van der Waals surface area contributed by atoms with Crippen LogP contribution >= 0.6 is 0 Å². The van der Waals surface area contributed by atoms with E-state index in [0.717, 1.165) is 25.9 Å². The van der Waals surface area contributed by atoms with Crippen LogP contribution < -0.4 is 0 Å². The van der Waals surface area contributed by atoms with Crippen molar-refractivity contribution < 1.29 is 19.4 Å². The van der Waals surface area contributed by atoms with Crippen molar-refractivity contribution in [1.82, 2.24) is 9.80 Å². The highest BCUT2D eigenvalue weighted by Gasteiger charge is 2.25. The molecule has 0 radical (unpaired) electrons. The zero-order valence-corrected chi connectivity index (χ0v) is 12.7. The average molecular weight is 286 g/mol. The second-order valence-corrected chi connectivity index (χ2v) is 5.38. The summed E-state index contributed by atoms with van der Waals surface area (Å²) < 4.78 is 5.63. The fourth-order valence-electron chi connectivity index (χ4n) is 2.55. The predicted octanol–water partition coefficient (Wildman–Crippen LogP) is 1.79. The van der Waals surface area contributed by atoms with Crippen LogP contribution in [0.25, 0.3) is 0 Å². The Kier molecular flexibility index (Phi) is 6.78. The van der Waals surface area contributed by atoms with Gasteiger partial charge in [-0.3, -0.25) is 4.79 Å². The number of amides is 2. The molecular formula is C14H26N2O4. The molecule has 6 heteroatoms. The van der Waals surface area contributed by atoms with Crippen LogP contribution in [0.2, 0.25) is 0 Å². The topological polar surface area (TPSA) is 70.1 Å². The molecule has 20 heavy (non-hydrogen) atoms. The van der Waals surface area contributed by atoms with E-state index in [-0.39, 0.29) is 24.6 Å². The highest BCUT2D eigenvalue weighted by molar-refractivity contribution is 5.75. The van der Waals surface area contributed by atoms with Crippen LogP contribution in [0.15, 0.2) is 0 Å². The SMILES string of the molecule is CCN(C(=O)N(C)CC1CCCCO1)C(C)CC(=O)O. The standard InChI is InChI=1S/C14H26N2O4/c1-4-16(11(2)9-13(17)18)14(19)15(3)10-12-7-5-6-8-20-12/h11-12H,4-10H2,1-3H3,(H,17,18). The van der Waals surface area contributed by atoms with Crippen molar-refractivity contribution in [2.24, 2.45) is 0 Å². The van der Waals surface area contributed by atoms with Gasteiger partial charge < -0.3 is 19.6 Å². The highest BCUT2D eigenvalue weighted by Crippen LogP contribution is 2.15. The van der Waals surface area contributed by atoms with Crippen LogP contribution in [0.4, 0.5) is 4.79 Å². The first-order valence-corrected chi connectivity index (χ1v) is 7.30. The Morgan fingerprint density at radius 3 is 2.60 bits per heavy atom. The summed E-state index contributed by atoms with van der Waals surface area (Å²) in [5.41, 5.74) is 0. The Morgan fingerprint density at radius 2 is 2.10 bits per heavy atom. The summed E-state index contributed by atoms with van der Waals surface area (Å²) in [6.45, 7) is 5.46. The average Bonchev–Trinajstić information content (AvgIpc) is 2.39. The molecule has 1 fully saturated rings. The Balaban J connectivity index is 2.53. The van der Waals surface area contributed by atoms with Gasteiger partial charge in [-0.1, -0.05) is 0 Å². The molecule has 0 aromatic carbocycles. The van der Waals surface area contributed by atoms with Gasteiger partial charge in [-0.05, 0) is 33.1 Å². The Hall–Kier alpha value is -1.30. The summed E-state index contributed by atoms with van der Waals surface area (Å²) in [4.78, 5) is 26.4. The molecule has 0 bridgehead atoms. The maximum atomic E-state index is 12.4. The molecule has 2 unspecified atom stereocenters. The number of carbonyl (C=O) groups is 2. The lowest BCUT2D eigenvalue weighted by atomic mass is 10.1. The van der Waals surface area contributed by atoms with Gasteiger partial charge in [0.25, 0.3) is 0 Å². The molecule has 1 aliphatic rings. The molecule has 0 spiro atoms. The van der Waals surface area contributed by atoms with Gasteiger partial charge in [0, 0.05) is 32.8 Å². The normalized spacial score (nSPS) is 20.2. The number of ether oxygens (including phenoxy) is 1. The van der Waals surface area contributed by atoms with E-state index < -0.39 is 5.97 Å². The number of aliphatic carboxylic acids is 1. The molecule has 0 aromatic rings. The minimum absolute atomic E-state index is 0.0344. The van der Waals surface area contributed by atoms with Gasteiger partial charge in [-0.15, -0.1) is 0 Å². The third kappa shape index (κ3) is 5.00. The monoisotopic (exact) mass is 286 g/mol. The number of carboxylic acid groups (broad SMARTS) is 1. The molecule has 0 saturated carbocycles. The largest absolute Gasteiger partial charge is 0.481 e. The fourth-order valence-corrected chi connectivity index (χ4v) is 2.55. The third-order valence-electron chi connectivity index (χ3n) is 3.67. The summed E-state index contributed by atoms with van der Waals surface area (Å²) >= 11 is 0. The molecular weight excluding hydrogens is 260 g/mol. The minimum Gasteiger partial charge on any atom is -0.481 e. The van der Waals surface area contributed by atoms with Crippen molar-refractivity contribution >= 4 is 12.0 Å². The van der Waals surface area contributed by atoms with Crippen LogP contribution in [0.5, 0.6) is 0 Å². The van der Waals surface area contributed by atoms with Crippen LogP contribution in [0.3, 0.4) is 0 Å². The summed E-state index contributed by atoms with van der Waals surface area (Å²) in [7, 11) is 1.75. The minimum atomic E-state index is -0.887. The van der Waals surface area contributed by atoms with Gasteiger partial charge in [0.2, 0.25) is 0 Å². The number of carboxylic acids is 1. The molecule has 1 heterocycles. The lowest BCUT2D eigenvalue weighted by Crippen LogP contribution is -2.48. The van der Waals surface area contributed by atoms with Crippen molar-refractivity contribution in [3.63, 3.8) is 0 Å². The highest BCUT2D eigenvalue weighted by atomic mass is 16.5. The molecule has 6 nitrogen and oxygen atoms in total. The number of urea groups is 1. The zero-order chi connectivity index (χ0) is 15.1. The predicted molar refractivity (Wildman–Crippen MR) is 75.7 cm³/mol. The second kappa shape index (κ2) is 8.09. The summed E-state index contributed by atoms with van der Waals surface area (Å²) in [5.74, 6) is -0.887. The van der Waals surface area contributed by atoms with Gasteiger partial charge >= 0.3 is 12.0 Å². The molecule has 2 amide bonds. The lowest BCUT2D eigenvalue weighted by Gasteiger charge is -2.34. The number of rotatable bonds is 6. The second-order valence-electron chi connectivity index (χ2n) is 5.38. The smallest absolute Gasteiger partial charge is 0.320 e. The van der Waals surface area contributed by atoms with Crippen molar-refractivity contribution in [2.75, 3.05) is 26.7 Å². The first-order valence-electron chi connectivity index (χ1n) is 7.30. The van der Waals surface area contributed by atoms with Crippen molar-refractivity contribution in [3.05, 3.63) is 0 Å². The van der Waals surface area contributed by atoms with Crippen LogP contribution in [-0.2, 0) is 9.53 Å². The molecule has 0 aliphatic carbocycles. The lowest BCUT2D eigenvalue weighted by molar-refractivity contribution is -0.138. The van der Waals surface area contributed by atoms with E-state index in [4.69, 9.17) is 9.84 Å². The number of carbonyl (C=O) groups excluding carboxylic acids is 1. The van der Waals surface area contributed by atoms with Gasteiger partial charge in [0.15, 0.2) is 0 Å². The number of nitrogens with zero attached hydrogens (tertiary/aromatic N) is 2.